The van der Waals surface area contributed by atoms with Crippen molar-refractivity contribution in [3.8, 4) is 0 Å². The number of carboxylic acids is 1. The predicted octanol–water partition coefficient (Wildman–Crippen LogP) is 1.14. The number of aromatic carboxylic acids is 1. The molecule has 3 heterocycles. The van der Waals surface area contributed by atoms with Crippen LogP contribution in [0.25, 0.3) is 0 Å². The van der Waals surface area contributed by atoms with Gasteiger partial charge in [-0.05, 0) is 31.0 Å². The van der Waals surface area contributed by atoms with E-state index < -0.39 is 12.0 Å². The van der Waals surface area contributed by atoms with Crippen LogP contribution in [0.4, 0.5) is 5.69 Å². The molecule has 2 atom stereocenters. The van der Waals surface area contributed by atoms with Crippen LogP contribution in [0.1, 0.15) is 29.6 Å². The van der Waals surface area contributed by atoms with Crippen LogP contribution in [0.2, 0.25) is 0 Å². The molecule has 2 unspecified atom stereocenters. The molecule has 0 aliphatic carbocycles. The summed E-state index contributed by atoms with van der Waals surface area (Å²) in [7, 11) is 0. The van der Waals surface area contributed by atoms with Gasteiger partial charge >= 0.3 is 5.97 Å². The van der Waals surface area contributed by atoms with Gasteiger partial charge in [0.2, 0.25) is 11.8 Å². The summed E-state index contributed by atoms with van der Waals surface area (Å²) in [5, 5.41) is 15.3. The summed E-state index contributed by atoms with van der Waals surface area (Å²) in [5.41, 5.74) is 0.794. The van der Waals surface area contributed by atoms with Gasteiger partial charge in [-0.1, -0.05) is 15.9 Å². The Morgan fingerprint density at radius 2 is 2.14 bits per heavy atom. The summed E-state index contributed by atoms with van der Waals surface area (Å²) in [5.74, 6) is -1.47. The van der Waals surface area contributed by atoms with Crippen molar-refractivity contribution >= 4 is 39.4 Å². The highest BCUT2D eigenvalue weighted by Gasteiger charge is 2.45. The van der Waals surface area contributed by atoms with Crippen LogP contribution in [0, 0.1) is 5.41 Å². The number of amides is 2. The maximum Gasteiger partial charge on any atom is 0.335 e. The molecular formula is C19H22BrN3O5. The van der Waals surface area contributed by atoms with E-state index in [2.05, 4.69) is 26.6 Å². The summed E-state index contributed by atoms with van der Waals surface area (Å²) in [6.07, 6.45) is 1.51. The molecule has 4 rings (SSSR count). The highest BCUT2D eigenvalue weighted by atomic mass is 79.9. The lowest BCUT2D eigenvalue weighted by molar-refractivity contribution is -0.127. The monoisotopic (exact) mass is 451 g/mol. The quantitative estimate of drug-likeness (QED) is 0.619. The standard InChI is InChI=1S/C19H22BrN3O5/c20-12-3-11(18(26)27)4-13(5-12)23-2-1-15(17(23)25)22-16(24)6-14-7-19(10-28-14)8-21-9-19/h3-5,14-15,21H,1-2,6-10H2,(H,22,24)(H,26,27). The Kier molecular flexibility index (Phi) is 5.15. The Hall–Kier alpha value is -1.97. The number of nitrogens with zero attached hydrogens (tertiary/aromatic N) is 1. The summed E-state index contributed by atoms with van der Waals surface area (Å²) >= 11 is 3.28. The van der Waals surface area contributed by atoms with Crippen molar-refractivity contribution in [2.45, 2.75) is 31.4 Å². The van der Waals surface area contributed by atoms with Gasteiger partial charge in [-0.3, -0.25) is 9.59 Å². The molecule has 3 saturated heterocycles. The summed E-state index contributed by atoms with van der Waals surface area (Å²) in [6, 6.07) is 4.05. The largest absolute Gasteiger partial charge is 0.478 e. The maximum absolute atomic E-state index is 12.7. The highest BCUT2D eigenvalue weighted by molar-refractivity contribution is 9.10. The summed E-state index contributed by atoms with van der Waals surface area (Å²) in [6.45, 7) is 2.98. The number of carbonyl (C=O) groups is 3. The van der Waals surface area contributed by atoms with Crippen LogP contribution >= 0.6 is 15.9 Å². The maximum atomic E-state index is 12.7. The Labute approximate surface area is 170 Å². The second-order valence-corrected chi connectivity index (χ2v) is 8.76. The van der Waals surface area contributed by atoms with Crippen molar-refractivity contribution < 1.29 is 24.2 Å². The number of hydrogen-bond acceptors (Lipinski definition) is 5. The molecule has 0 bridgehead atoms. The molecule has 1 spiro atoms. The zero-order valence-corrected chi connectivity index (χ0v) is 16.8. The van der Waals surface area contributed by atoms with E-state index in [1.165, 1.54) is 17.0 Å². The molecule has 3 aliphatic rings. The molecule has 9 heteroatoms. The van der Waals surface area contributed by atoms with Crippen molar-refractivity contribution in [2.24, 2.45) is 5.41 Å². The van der Waals surface area contributed by atoms with Crippen LogP contribution in [-0.2, 0) is 14.3 Å². The van der Waals surface area contributed by atoms with Gasteiger partial charge in [0, 0.05) is 35.2 Å². The molecule has 2 amide bonds. The van der Waals surface area contributed by atoms with E-state index in [9.17, 15) is 19.5 Å². The minimum Gasteiger partial charge on any atom is -0.478 e. The van der Waals surface area contributed by atoms with Gasteiger partial charge in [0.1, 0.15) is 6.04 Å². The third-order valence-corrected chi connectivity index (χ3v) is 6.14. The van der Waals surface area contributed by atoms with Crippen LogP contribution < -0.4 is 15.5 Å². The number of ether oxygens (including phenoxy) is 1. The van der Waals surface area contributed by atoms with Gasteiger partial charge in [-0.15, -0.1) is 0 Å². The highest BCUT2D eigenvalue weighted by Crippen LogP contribution is 2.37. The molecule has 3 aliphatic heterocycles. The SMILES string of the molecule is O=C(CC1CC2(CNC2)CO1)NC1CCN(c2cc(Br)cc(C(=O)O)c2)C1=O. The van der Waals surface area contributed by atoms with E-state index in [0.29, 0.717) is 29.7 Å². The number of halogens is 1. The fourth-order valence-corrected chi connectivity index (χ4v) is 4.62. The van der Waals surface area contributed by atoms with Gasteiger partial charge in [0.05, 0.1) is 24.7 Å². The molecule has 28 heavy (non-hydrogen) atoms. The van der Waals surface area contributed by atoms with Crippen molar-refractivity contribution in [2.75, 3.05) is 31.1 Å². The minimum absolute atomic E-state index is 0.0992. The second kappa shape index (κ2) is 7.46. The Bertz CT molecular complexity index is 826. The number of hydrogen-bond donors (Lipinski definition) is 3. The molecule has 0 aromatic heterocycles. The molecule has 150 valence electrons. The van der Waals surface area contributed by atoms with Gasteiger partial charge < -0.3 is 25.4 Å². The lowest BCUT2D eigenvalue weighted by Gasteiger charge is -2.37. The number of benzene rings is 1. The molecule has 8 nitrogen and oxygen atoms in total. The molecule has 3 fully saturated rings. The number of nitrogens with one attached hydrogen (secondary N) is 2. The fourth-order valence-electron chi connectivity index (χ4n) is 4.14. The molecule has 0 radical (unpaired) electrons. The first kappa shape index (κ1) is 19.4. The second-order valence-electron chi connectivity index (χ2n) is 7.85. The topological polar surface area (TPSA) is 108 Å². The molecule has 0 saturated carbocycles. The lowest BCUT2D eigenvalue weighted by atomic mass is 9.79. The van der Waals surface area contributed by atoms with Crippen molar-refractivity contribution in [3.05, 3.63) is 28.2 Å². The third-order valence-electron chi connectivity index (χ3n) is 5.68. The van der Waals surface area contributed by atoms with Crippen LogP contribution in [0.15, 0.2) is 22.7 Å². The summed E-state index contributed by atoms with van der Waals surface area (Å²) in [4.78, 5) is 37.9. The molecular weight excluding hydrogens is 430 g/mol. The van der Waals surface area contributed by atoms with Crippen molar-refractivity contribution in [1.29, 1.82) is 0 Å². The van der Waals surface area contributed by atoms with E-state index in [1.807, 2.05) is 0 Å². The normalized spacial score (nSPS) is 25.8. The average Bonchev–Trinajstić information content (AvgIpc) is 3.19. The Balaban J connectivity index is 1.35. The van der Waals surface area contributed by atoms with Crippen LogP contribution in [0.5, 0.6) is 0 Å². The zero-order valence-electron chi connectivity index (χ0n) is 15.2. The first-order valence-corrected chi connectivity index (χ1v) is 10.1. The van der Waals surface area contributed by atoms with Gasteiger partial charge in [0.15, 0.2) is 0 Å². The number of anilines is 1. The van der Waals surface area contributed by atoms with E-state index >= 15 is 0 Å². The smallest absolute Gasteiger partial charge is 0.335 e. The zero-order chi connectivity index (χ0) is 19.9. The van der Waals surface area contributed by atoms with Gasteiger partial charge in [0.25, 0.3) is 0 Å². The van der Waals surface area contributed by atoms with E-state index in [-0.39, 0.29) is 35.3 Å². The third kappa shape index (κ3) is 3.78. The molecule has 1 aromatic rings. The van der Waals surface area contributed by atoms with E-state index in [1.54, 1.807) is 6.07 Å². The lowest BCUT2D eigenvalue weighted by Crippen LogP contribution is -2.54. The van der Waals surface area contributed by atoms with E-state index in [0.717, 1.165) is 19.5 Å². The molecule has 1 aromatic carbocycles. The number of rotatable bonds is 5. The molecule has 3 N–H and O–H groups in total. The number of carbonyl (C=O) groups excluding carboxylic acids is 2. The Morgan fingerprint density at radius 3 is 2.79 bits per heavy atom. The van der Waals surface area contributed by atoms with Crippen molar-refractivity contribution in [1.82, 2.24) is 10.6 Å². The fraction of sp³-hybridized carbons (Fsp3) is 0.526. The van der Waals surface area contributed by atoms with Crippen LogP contribution in [0.3, 0.4) is 0 Å². The first-order valence-electron chi connectivity index (χ1n) is 9.32. The minimum atomic E-state index is -1.06. The van der Waals surface area contributed by atoms with E-state index in [4.69, 9.17) is 4.74 Å². The van der Waals surface area contributed by atoms with Crippen LogP contribution in [-0.4, -0.2) is 61.3 Å². The van der Waals surface area contributed by atoms with Gasteiger partial charge in [-0.2, -0.15) is 0 Å². The van der Waals surface area contributed by atoms with Crippen molar-refractivity contribution in [3.63, 3.8) is 0 Å². The number of carboxylic acid groups (broad SMARTS) is 1. The average molecular weight is 452 g/mol. The van der Waals surface area contributed by atoms with Gasteiger partial charge in [-0.25, -0.2) is 4.79 Å². The first-order chi connectivity index (χ1) is 13.3. The Morgan fingerprint density at radius 1 is 1.36 bits per heavy atom. The predicted molar refractivity (Wildman–Crippen MR) is 104 cm³/mol. The summed E-state index contributed by atoms with van der Waals surface area (Å²) < 4.78 is 6.34.